The van der Waals surface area contributed by atoms with Gasteiger partial charge in [0.2, 0.25) is 15.8 Å². The van der Waals surface area contributed by atoms with Crippen molar-refractivity contribution in [3.8, 4) is 17.2 Å². The van der Waals surface area contributed by atoms with Crippen LogP contribution in [-0.4, -0.2) is 60.8 Å². The number of hydrogen-bond acceptors (Lipinski definition) is 7. The lowest BCUT2D eigenvalue weighted by molar-refractivity contribution is 0.323. The van der Waals surface area contributed by atoms with Gasteiger partial charge in [0.1, 0.15) is 4.90 Å². The number of hydrogen-bond donors (Lipinski definition) is 3. The normalized spacial score (nSPS) is 11.7. The maximum absolute atomic E-state index is 12.2. The number of pyridine rings is 1. The van der Waals surface area contributed by atoms with Gasteiger partial charge in [-0.3, -0.25) is 9.98 Å². The Morgan fingerprint density at radius 1 is 1.07 bits per heavy atom. The third-order valence-electron chi connectivity index (χ3n) is 4.06. The van der Waals surface area contributed by atoms with Gasteiger partial charge in [-0.05, 0) is 29.8 Å². The topological polar surface area (TPSA) is 123 Å². The predicted octanol–water partition coefficient (Wildman–Crippen LogP) is 0.751. The molecule has 0 fully saturated rings. The molecule has 1 heterocycles. The van der Waals surface area contributed by atoms with Crippen LogP contribution in [0.3, 0.4) is 0 Å². The molecular weight excluding hydrogens is 410 g/mol. The van der Waals surface area contributed by atoms with Crippen molar-refractivity contribution in [2.24, 2.45) is 4.99 Å². The average Bonchev–Trinajstić information content (AvgIpc) is 2.78. The molecule has 1 aromatic carbocycles. The molecule has 0 saturated heterocycles. The third kappa shape index (κ3) is 6.22. The molecule has 0 atom stereocenters. The van der Waals surface area contributed by atoms with Crippen LogP contribution in [0.25, 0.3) is 0 Å². The van der Waals surface area contributed by atoms with Gasteiger partial charge in [-0.15, -0.1) is 0 Å². The van der Waals surface area contributed by atoms with Crippen molar-refractivity contribution in [1.82, 2.24) is 20.3 Å². The lowest BCUT2D eigenvalue weighted by Gasteiger charge is -2.16. The number of guanidine groups is 1. The third-order valence-corrected chi connectivity index (χ3v) is 5.51. The van der Waals surface area contributed by atoms with E-state index in [4.69, 9.17) is 14.2 Å². The van der Waals surface area contributed by atoms with E-state index < -0.39 is 10.0 Å². The Morgan fingerprint density at radius 3 is 2.30 bits per heavy atom. The summed E-state index contributed by atoms with van der Waals surface area (Å²) in [5.74, 6) is 2.15. The zero-order chi connectivity index (χ0) is 22.0. The van der Waals surface area contributed by atoms with E-state index in [2.05, 4.69) is 25.3 Å². The van der Waals surface area contributed by atoms with Gasteiger partial charge in [0, 0.05) is 39.1 Å². The molecule has 0 radical (unpaired) electrons. The van der Waals surface area contributed by atoms with Crippen LogP contribution in [0, 0.1) is 0 Å². The summed E-state index contributed by atoms with van der Waals surface area (Å²) in [5.41, 5.74) is 0.893. The second-order valence-electron chi connectivity index (χ2n) is 5.97. The highest BCUT2D eigenvalue weighted by Crippen LogP contribution is 2.38. The van der Waals surface area contributed by atoms with Crippen molar-refractivity contribution in [3.63, 3.8) is 0 Å². The van der Waals surface area contributed by atoms with Crippen LogP contribution in [0.4, 0.5) is 0 Å². The van der Waals surface area contributed by atoms with Crippen LogP contribution >= 0.6 is 0 Å². The molecule has 0 saturated carbocycles. The van der Waals surface area contributed by atoms with Gasteiger partial charge in [-0.1, -0.05) is 0 Å². The van der Waals surface area contributed by atoms with E-state index in [1.165, 1.54) is 18.5 Å². The number of methoxy groups -OCH3 is 3. The predicted molar refractivity (Wildman–Crippen MR) is 114 cm³/mol. The number of benzene rings is 1. The molecule has 0 bridgehead atoms. The molecular formula is C19H27N5O5S. The lowest BCUT2D eigenvalue weighted by Crippen LogP contribution is -2.41. The minimum absolute atomic E-state index is 0.120. The van der Waals surface area contributed by atoms with Crippen LogP contribution in [0.2, 0.25) is 0 Å². The number of ether oxygens (including phenoxy) is 3. The fourth-order valence-electron chi connectivity index (χ4n) is 2.60. The van der Waals surface area contributed by atoms with Gasteiger partial charge in [0.05, 0.1) is 21.3 Å². The van der Waals surface area contributed by atoms with Gasteiger partial charge in [-0.2, -0.15) is 0 Å². The number of sulfonamides is 1. The monoisotopic (exact) mass is 437 g/mol. The molecule has 11 heteroatoms. The van der Waals surface area contributed by atoms with E-state index in [-0.39, 0.29) is 11.4 Å². The molecule has 0 aliphatic carbocycles. The first-order valence-electron chi connectivity index (χ1n) is 9.08. The van der Waals surface area contributed by atoms with Crippen molar-refractivity contribution in [2.45, 2.75) is 11.4 Å². The van der Waals surface area contributed by atoms with Crippen molar-refractivity contribution in [1.29, 1.82) is 0 Å². The van der Waals surface area contributed by atoms with Gasteiger partial charge >= 0.3 is 0 Å². The molecule has 3 N–H and O–H groups in total. The van der Waals surface area contributed by atoms with Crippen molar-refractivity contribution in [2.75, 3.05) is 41.5 Å². The van der Waals surface area contributed by atoms with E-state index >= 15 is 0 Å². The Balaban J connectivity index is 1.88. The van der Waals surface area contributed by atoms with E-state index in [0.29, 0.717) is 36.3 Å². The highest BCUT2D eigenvalue weighted by atomic mass is 32.2. The molecule has 2 rings (SSSR count). The first kappa shape index (κ1) is 23.2. The Hall–Kier alpha value is -3.05. The molecule has 0 aliphatic heterocycles. The fourth-order valence-corrected chi connectivity index (χ4v) is 3.59. The molecule has 0 aliphatic rings. The maximum atomic E-state index is 12.2. The molecule has 1 aromatic heterocycles. The Labute approximate surface area is 176 Å². The largest absolute Gasteiger partial charge is 0.493 e. The van der Waals surface area contributed by atoms with E-state index in [1.807, 2.05) is 12.1 Å². The summed E-state index contributed by atoms with van der Waals surface area (Å²) in [7, 11) is 2.70. The fraction of sp³-hybridized carbons (Fsp3) is 0.368. The standard InChI is InChI=1S/C19H27N5O5S/c1-20-19(22-8-9-24-30(25,26)15-6-5-7-21-13-15)23-12-14-10-16(27-2)18(29-4)17(11-14)28-3/h5-7,10-11,13,24H,8-9,12H2,1-4H3,(H2,20,22,23). The summed E-state index contributed by atoms with van der Waals surface area (Å²) < 4.78 is 42.9. The minimum Gasteiger partial charge on any atom is -0.493 e. The SMILES string of the molecule is CN=C(NCCNS(=O)(=O)c1cccnc1)NCc1cc(OC)c(OC)c(OC)c1. The molecule has 2 aromatic rings. The van der Waals surface area contributed by atoms with Crippen LogP contribution in [0.1, 0.15) is 5.56 Å². The highest BCUT2D eigenvalue weighted by molar-refractivity contribution is 7.89. The molecule has 30 heavy (non-hydrogen) atoms. The van der Waals surface area contributed by atoms with Gasteiger partial charge in [0.25, 0.3) is 0 Å². The number of nitrogens with zero attached hydrogens (tertiary/aromatic N) is 2. The molecule has 0 spiro atoms. The summed E-state index contributed by atoms with van der Waals surface area (Å²) in [4.78, 5) is 8.07. The van der Waals surface area contributed by atoms with Crippen molar-refractivity contribution in [3.05, 3.63) is 42.2 Å². The van der Waals surface area contributed by atoms with Crippen molar-refractivity contribution < 1.29 is 22.6 Å². The summed E-state index contributed by atoms with van der Waals surface area (Å²) in [6, 6.07) is 6.73. The van der Waals surface area contributed by atoms with Gasteiger partial charge in [0.15, 0.2) is 17.5 Å². The summed E-state index contributed by atoms with van der Waals surface area (Å²) in [6.45, 7) is 0.967. The Bertz CT molecular complexity index is 926. The number of rotatable bonds is 10. The highest BCUT2D eigenvalue weighted by Gasteiger charge is 2.14. The Morgan fingerprint density at radius 2 is 1.77 bits per heavy atom. The van der Waals surface area contributed by atoms with E-state index in [9.17, 15) is 8.42 Å². The van der Waals surface area contributed by atoms with E-state index in [1.54, 1.807) is 34.4 Å². The lowest BCUT2D eigenvalue weighted by atomic mass is 10.2. The molecule has 10 nitrogen and oxygen atoms in total. The second-order valence-corrected chi connectivity index (χ2v) is 7.74. The second kappa shape index (κ2) is 11.2. The van der Waals surface area contributed by atoms with Crippen LogP contribution in [-0.2, 0) is 16.6 Å². The summed E-state index contributed by atoms with van der Waals surface area (Å²) in [6.07, 6.45) is 2.82. The zero-order valence-electron chi connectivity index (χ0n) is 17.4. The molecule has 164 valence electrons. The number of aliphatic imine (C=N–C) groups is 1. The Kier molecular flexibility index (Phi) is 8.69. The number of aromatic nitrogens is 1. The zero-order valence-corrected chi connectivity index (χ0v) is 18.2. The van der Waals surface area contributed by atoms with Crippen molar-refractivity contribution >= 4 is 16.0 Å². The van der Waals surface area contributed by atoms with Crippen LogP contribution < -0.4 is 29.6 Å². The van der Waals surface area contributed by atoms with Gasteiger partial charge < -0.3 is 24.8 Å². The molecule has 0 amide bonds. The van der Waals surface area contributed by atoms with Crippen LogP contribution in [0.15, 0.2) is 46.5 Å². The quantitative estimate of drug-likeness (QED) is 0.283. The number of nitrogens with one attached hydrogen (secondary N) is 3. The summed E-state index contributed by atoms with van der Waals surface area (Å²) in [5, 5.41) is 6.21. The minimum atomic E-state index is -3.59. The van der Waals surface area contributed by atoms with Gasteiger partial charge in [-0.25, -0.2) is 13.1 Å². The molecule has 0 unspecified atom stereocenters. The maximum Gasteiger partial charge on any atom is 0.242 e. The first-order chi connectivity index (χ1) is 14.4. The smallest absolute Gasteiger partial charge is 0.242 e. The first-order valence-corrected chi connectivity index (χ1v) is 10.6. The summed E-state index contributed by atoms with van der Waals surface area (Å²) >= 11 is 0. The average molecular weight is 438 g/mol. The van der Waals surface area contributed by atoms with E-state index in [0.717, 1.165) is 5.56 Å². The van der Waals surface area contributed by atoms with Crippen LogP contribution in [0.5, 0.6) is 17.2 Å².